The summed E-state index contributed by atoms with van der Waals surface area (Å²) in [5, 5.41) is 6.04. The minimum absolute atomic E-state index is 0. The van der Waals surface area contributed by atoms with E-state index < -0.39 is 26.8 Å². The SMILES string of the molecule is O.O=P(O)(O)C(O)(Cn1ccnc1)P(=O)(O)O.[Na]. The Morgan fingerprint density at radius 1 is 1.17 bits per heavy atom. The molecule has 0 atom stereocenters. The molecule has 0 aliphatic carbocycles. The maximum absolute atomic E-state index is 10.9. The van der Waals surface area contributed by atoms with Crippen LogP contribution < -0.4 is 0 Å². The van der Waals surface area contributed by atoms with Crippen LogP contribution in [0.15, 0.2) is 18.7 Å². The van der Waals surface area contributed by atoms with Crippen LogP contribution in [0.1, 0.15) is 0 Å². The van der Waals surface area contributed by atoms with Gasteiger partial charge in [0.05, 0.1) is 12.9 Å². The first-order chi connectivity index (χ1) is 7.08. The van der Waals surface area contributed by atoms with Crippen LogP contribution in [-0.2, 0) is 15.7 Å². The predicted octanol–water partition coefficient (Wildman–Crippen LogP) is -2.32. The zero-order valence-electron chi connectivity index (χ0n) is 9.28. The zero-order valence-corrected chi connectivity index (χ0v) is 13.1. The molecule has 0 saturated carbocycles. The fourth-order valence-electron chi connectivity index (χ4n) is 0.979. The van der Waals surface area contributed by atoms with E-state index in [4.69, 9.17) is 19.6 Å². The van der Waals surface area contributed by atoms with Crippen molar-refractivity contribution in [1.29, 1.82) is 0 Å². The normalized spacial score (nSPS) is 12.5. The van der Waals surface area contributed by atoms with Crippen LogP contribution in [0.2, 0.25) is 0 Å². The van der Waals surface area contributed by atoms with E-state index in [1.807, 2.05) is 0 Å². The molecule has 7 N–H and O–H groups in total. The summed E-state index contributed by atoms with van der Waals surface area (Å²) < 4.78 is 22.8. The van der Waals surface area contributed by atoms with Gasteiger partial charge in [0, 0.05) is 42.0 Å². The van der Waals surface area contributed by atoms with Crippen LogP contribution >= 0.6 is 15.2 Å². The number of rotatable bonds is 4. The summed E-state index contributed by atoms with van der Waals surface area (Å²) in [5.41, 5.74) is 0. The molecule has 0 aliphatic heterocycles. The van der Waals surface area contributed by atoms with E-state index in [2.05, 4.69) is 4.98 Å². The van der Waals surface area contributed by atoms with Crippen molar-refractivity contribution in [3.8, 4) is 0 Å². The average Bonchev–Trinajstić information content (AvgIpc) is 2.52. The van der Waals surface area contributed by atoms with Gasteiger partial charge in [0.1, 0.15) is 0 Å². The van der Waals surface area contributed by atoms with Gasteiger partial charge in [0.2, 0.25) is 0 Å². The van der Waals surface area contributed by atoms with Gasteiger partial charge in [-0.2, -0.15) is 0 Å². The number of hydrogen-bond donors (Lipinski definition) is 5. The molecule has 101 valence electrons. The maximum Gasteiger partial charge on any atom is 0.371 e. The molecule has 10 nitrogen and oxygen atoms in total. The molecular formula is C5H12N2NaO8P2. The molecule has 1 heterocycles. The Hall–Kier alpha value is 0.430. The molecule has 1 aromatic rings. The van der Waals surface area contributed by atoms with Crippen LogP contribution in [-0.4, -0.2) is 74.3 Å². The summed E-state index contributed by atoms with van der Waals surface area (Å²) >= 11 is 0. The molecule has 0 aromatic carbocycles. The Labute approximate surface area is 124 Å². The van der Waals surface area contributed by atoms with Crippen LogP contribution in [0.3, 0.4) is 0 Å². The van der Waals surface area contributed by atoms with Gasteiger partial charge in [-0.15, -0.1) is 0 Å². The first kappa shape index (κ1) is 20.7. The van der Waals surface area contributed by atoms with Crippen molar-refractivity contribution in [1.82, 2.24) is 9.55 Å². The van der Waals surface area contributed by atoms with Crippen molar-refractivity contribution in [2.45, 2.75) is 11.6 Å². The Kier molecular flexibility index (Phi) is 7.76. The van der Waals surface area contributed by atoms with Crippen molar-refractivity contribution in [2.24, 2.45) is 0 Å². The van der Waals surface area contributed by atoms with Crippen molar-refractivity contribution in [3.63, 3.8) is 0 Å². The summed E-state index contributed by atoms with van der Waals surface area (Å²) in [6.07, 6.45) is 3.51. The van der Waals surface area contributed by atoms with E-state index >= 15 is 0 Å². The molecule has 0 amide bonds. The van der Waals surface area contributed by atoms with Gasteiger partial charge in [0.15, 0.2) is 0 Å². The molecule has 0 spiro atoms. The fourth-order valence-corrected chi connectivity index (χ4v) is 3.03. The number of hydrogen-bond acceptors (Lipinski definition) is 4. The van der Waals surface area contributed by atoms with E-state index in [0.29, 0.717) is 0 Å². The van der Waals surface area contributed by atoms with Crippen LogP contribution in [0.4, 0.5) is 0 Å². The molecule has 0 saturated heterocycles. The quantitative estimate of drug-likeness (QED) is 0.303. The van der Waals surface area contributed by atoms with Gasteiger partial charge in [0.25, 0.3) is 5.08 Å². The molecule has 0 aliphatic rings. The molecule has 1 rings (SSSR count). The van der Waals surface area contributed by atoms with Gasteiger partial charge >= 0.3 is 15.2 Å². The van der Waals surface area contributed by atoms with Crippen LogP contribution in [0.5, 0.6) is 0 Å². The first-order valence-corrected chi connectivity index (χ1v) is 7.10. The average molecular weight is 313 g/mol. The summed E-state index contributed by atoms with van der Waals surface area (Å²) in [7, 11) is -10.8. The van der Waals surface area contributed by atoms with Gasteiger partial charge < -0.3 is 34.7 Å². The zero-order chi connectivity index (χ0) is 12.6. The second-order valence-electron chi connectivity index (χ2n) is 3.10. The molecule has 1 radical (unpaired) electrons. The third-order valence-corrected chi connectivity index (χ3v) is 5.60. The Morgan fingerprint density at radius 2 is 1.61 bits per heavy atom. The summed E-state index contributed by atoms with van der Waals surface area (Å²) in [6, 6.07) is 0. The van der Waals surface area contributed by atoms with E-state index in [9.17, 15) is 14.2 Å². The maximum atomic E-state index is 10.9. The second kappa shape index (κ2) is 6.74. The van der Waals surface area contributed by atoms with Crippen LogP contribution in [0, 0.1) is 0 Å². The monoisotopic (exact) mass is 313 g/mol. The fraction of sp³-hybridized carbons (Fsp3) is 0.400. The van der Waals surface area contributed by atoms with E-state index in [-0.39, 0.29) is 35.0 Å². The number of nitrogens with zero attached hydrogens (tertiary/aromatic N) is 2. The van der Waals surface area contributed by atoms with Crippen molar-refractivity contribution in [3.05, 3.63) is 18.7 Å². The minimum atomic E-state index is -5.41. The molecule has 0 fully saturated rings. The molecule has 0 unspecified atom stereocenters. The Balaban J connectivity index is 0. The smallest absolute Gasteiger partial charge is 0.371 e. The molecule has 18 heavy (non-hydrogen) atoms. The topological polar surface area (TPSA) is 185 Å². The Morgan fingerprint density at radius 3 is 1.89 bits per heavy atom. The molecule has 13 heteroatoms. The minimum Gasteiger partial charge on any atom is -0.412 e. The van der Waals surface area contributed by atoms with Crippen molar-refractivity contribution < 1.29 is 39.3 Å². The van der Waals surface area contributed by atoms with Crippen LogP contribution in [0.25, 0.3) is 0 Å². The second-order valence-corrected chi connectivity index (χ2v) is 7.11. The third kappa shape index (κ3) is 4.22. The first-order valence-electron chi connectivity index (χ1n) is 3.87. The summed E-state index contributed by atoms with van der Waals surface area (Å²) in [6.45, 7) is -0.957. The van der Waals surface area contributed by atoms with E-state index in [1.54, 1.807) is 0 Å². The van der Waals surface area contributed by atoms with Gasteiger partial charge in [-0.25, -0.2) is 4.98 Å². The molecular weight excluding hydrogens is 301 g/mol. The largest absolute Gasteiger partial charge is 0.412 e. The van der Waals surface area contributed by atoms with Crippen molar-refractivity contribution >= 4 is 44.7 Å². The standard InChI is InChI=1S/C5H10N2O7P2.Na.H2O/c8-5(15(9,10)11,16(12,13)14)3-7-2-1-6-4-7;;/h1-2,4,8H,3H2,(H2,9,10,11)(H2,12,13,14);;1H2. The van der Waals surface area contributed by atoms with Crippen molar-refractivity contribution in [2.75, 3.05) is 0 Å². The van der Waals surface area contributed by atoms with E-state index in [0.717, 1.165) is 10.9 Å². The molecule has 0 bridgehead atoms. The third-order valence-electron chi connectivity index (χ3n) is 1.89. The van der Waals surface area contributed by atoms with Gasteiger partial charge in [-0.3, -0.25) is 9.13 Å². The summed E-state index contributed by atoms with van der Waals surface area (Å²) in [4.78, 5) is 38.7. The summed E-state index contributed by atoms with van der Waals surface area (Å²) in [5.74, 6) is 0. The number of imidazole rings is 1. The number of aromatic nitrogens is 2. The predicted molar refractivity (Wildman–Crippen MR) is 60.6 cm³/mol. The van der Waals surface area contributed by atoms with Gasteiger partial charge in [-0.1, -0.05) is 0 Å². The van der Waals surface area contributed by atoms with Gasteiger partial charge in [-0.05, 0) is 0 Å². The number of aliphatic hydroxyl groups is 1. The van der Waals surface area contributed by atoms with E-state index in [1.165, 1.54) is 12.4 Å². The Bertz CT molecular complexity index is 430. The molecule has 1 aromatic heterocycles.